The molecule has 0 aliphatic carbocycles. The summed E-state index contributed by atoms with van der Waals surface area (Å²) in [5, 5.41) is 10.5. The number of hydrogen-bond acceptors (Lipinski definition) is 5. The van der Waals surface area contributed by atoms with E-state index in [1.165, 1.54) is 54.9 Å². The SMILES string of the molecule is [2H]c1cc2c(oc3c(-c4ccc(C([2H])([2H])C([2H])([2H])c5cc(C([2H])([2H])C([2H])([2H])c6ccc(-c7ccccc7)nc6)cc(C([2H])([2H])C([2H])([2H])c6ccc(-c7ccccc7)nc6)c5)cn4)cccc32)c([2H])c1C#N. The molecule has 9 rings (SSSR count). The summed E-state index contributed by atoms with van der Waals surface area (Å²) < 4.78 is 135. The average molecular weight is 751 g/mol. The van der Waals surface area contributed by atoms with Crippen molar-refractivity contribution in [2.75, 3.05) is 0 Å². The molecule has 0 fully saturated rings. The molecule has 0 saturated heterocycles. The Balaban J connectivity index is 1.13. The maximum Gasteiger partial charge on any atom is 0.144 e. The first kappa shape index (κ1) is 23.0. The van der Waals surface area contributed by atoms with Crippen LogP contribution in [0.3, 0.4) is 0 Å². The maximum atomic E-state index is 9.55. The molecular weight excluding hydrogens is 697 g/mol. The van der Waals surface area contributed by atoms with Crippen LogP contribution in [0, 0.1) is 11.3 Å². The van der Waals surface area contributed by atoms with Gasteiger partial charge in [-0.05, 0) is 114 Å². The van der Waals surface area contributed by atoms with Crippen molar-refractivity contribution in [1.82, 2.24) is 15.0 Å². The second kappa shape index (κ2) is 16.3. The van der Waals surface area contributed by atoms with Crippen molar-refractivity contribution in [3.63, 3.8) is 0 Å². The van der Waals surface area contributed by atoms with E-state index in [9.17, 15) is 21.7 Å². The van der Waals surface area contributed by atoms with Gasteiger partial charge in [0.2, 0.25) is 0 Å². The lowest BCUT2D eigenvalue weighted by molar-refractivity contribution is 0.669. The number of nitriles is 1. The predicted octanol–water partition coefficient (Wildman–Crippen LogP) is 12.0. The fraction of sp³-hybridized carbons (Fsp3) is 0.115. The second-order valence-electron chi connectivity index (χ2n) is 13.0. The molecule has 0 aliphatic heterocycles. The molecule has 274 valence electrons. The van der Waals surface area contributed by atoms with E-state index in [0.717, 1.165) is 35.5 Å². The van der Waals surface area contributed by atoms with Gasteiger partial charge in [0.1, 0.15) is 11.2 Å². The lowest BCUT2D eigenvalue weighted by atomic mass is 9.94. The van der Waals surface area contributed by atoms with Crippen molar-refractivity contribution in [3.8, 4) is 39.8 Å². The van der Waals surface area contributed by atoms with Crippen LogP contribution in [0.2, 0.25) is 0 Å². The third kappa shape index (κ3) is 8.12. The molecule has 5 heteroatoms. The van der Waals surface area contributed by atoms with Crippen LogP contribution < -0.4 is 0 Å². The molecule has 0 radical (unpaired) electrons. The molecule has 0 N–H and O–H groups in total. The van der Waals surface area contributed by atoms with Crippen molar-refractivity contribution in [1.29, 1.82) is 5.26 Å². The minimum atomic E-state index is -3.15. The van der Waals surface area contributed by atoms with Crippen LogP contribution >= 0.6 is 0 Å². The molecule has 5 nitrogen and oxygen atoms in total. The van der Waals surface area contributed by atoms with Gasteiger partial charge >= 0.3 is 0 Å². The Kier molecular flexibility index (Phi) is 6.58. The van der Waals surface area contributed by atoms with Crippen molar-refractivity contribution in [2.24, 2.45) is 0 Å². The summed E-state index contributed by atoms with van der Waals surface area (Å²) >= 11 is 0. The number of furan rings is 1. The zero-order chi connectivity index (χ0) is 50.9. The van der Waals surface area contributed by atoms with E-state index < -0.39 is 54.9 Å². The number of aryl methyl sites for hydroxylation is 6. The molecule has 4 aromatic heterocycles. The quantitative estimate of drug-likeness (QED) is 0.124. The Labute approximate surface area is 352 Å². The Morgan fingerprint density at radius 2 is 1.00 bits per heavy atom. The number of fused-ring (bicyclic) bond motifs is 3. The largest absolute Gasteiger partial charge is 0.455 e. The predicted molar refractivity (Wildman–Crippen MR) is 230 cm³/mol. The molecule has 0 atom stereocenters. The lowest BCUT2D eigenvalue weighted by Gasteiger charge is -2.12. The number of benzene rings is 5. The van der Waals surface area contributed by atoms with Gasteiger partial charge in [0.05, 0.1) is 31.5 Å². The van der Waals surface area contributed by atoms with E-state index in [-0.39, 0.29) is 51.2 Å². The minimum Gasteiger partial charge on any atom is -0.455 e. The number of nitrogens with zero attached hydrogens (tertiary/aromatic N) is 4. The first-order valence-electron chi connectivity index (χ1n) is 25.1. The van der Waals surface area contributed by atoms with E-state index in [2.05, 4.69) is 15.0 Å². The van der Waals surface area contributed by atoms with E-state index in [0.29, 0.717) is 27.7 Å². The van der Waals surface area contributed by atoms with Gasteiger partial charge in [-0.2, -0.15) is 5.26 Å². The zero-order valence-corrected chi connectivity index (χ0v) is 30.2. The monoisotopic (exact) mass is 750 g/mol. The molecule has 0 unspecified atom stereocenters. The van der Waals surface area contributed by atoms with Gasteiger partial charge in [-0.15, -0.1) is 0 Å². The Hall–Kier alpha value is -7.16. The van der Waals surface area contributed by atoms with Gasteiger partial charge in [-0.1, -0.05) is 109 Å². The fourth-order valence-electron chi connectivity index (χ4n) is 6.33. The Morgan fingerprint density at radius 3 is 1.47 bits per heavy atom. The minimum absolute atomic E-state index is 0.0907. The highest BCUT2D eigenvalue weighted by Gasteiger charge is 2.14. The van der Waals surface area contributed by atoms with Crippen molar-refractivity contribution >= 4 is 21.9 Å². The van der Waals surface area contributed by atoms with E-state index in [4.69, 9.17) is 7.16 Å². The van der Waals surface area contributed by atoms with Crippen LogP contribution in [0.4, 0.5) is 0 Å². The van der Waals surface area contributed by atoms with Crippen molar-refractivity contribution < 1.29 is 23.6 Å². The van der Waals surface area contributed by atoms with Gasteiger partial charge in [0.15, 0.2) is 0 Å². The summed E-state index contributed by atoms with van der Waals surface area (Å²) in [6.07, 6.45) is -14.7. The number of pyridine rings is 3. The highest BCUT2D eigenvalue weighted by Crippen LogP contribution is 2.35. The van der Waals surface area contributed by atoms with Gasteiger partial charge in [-0.25, -0.2) is 0 Å². The number of para-hydroxylation sites is 1. The second-order valence-corrected chi connectivity index (χ2v) is 13.0. The standard InChI is InChI=1S/C52H40N4O/c53-32-42-20-24-45-46-12-7-13-47(52(46)57-51(45)31-42)50-27-23-38(35-56-50)16-19-41-29-39(17-14-36-21-25-48(54-33-36)43-8-3-1-4-9-43)28-40(30-41)18-15-37-22-26-49(55-34-37)44-10-5-2-6-11-44/h1-13,20-31,33-35H,14-19H2/i14D2,15D2,16D2,17D2,18D2,19D2,20D,31D. The average Bonchev–Trinajstić information content (AvgIpc) is 3.75. The molecule has 5 aromatic carbocycles. The third-order valence-corrected chi connectivity index (χ3v) is 9.16. The molecule has 0 saturated carbocycles. The number of hydrogen-bond donors (Lipinski definition) is 0. The van der Waals surface area contributed by atoms with Crippen molar-refractivity contribution in [3.05, 3.63) is 209 Å². The Bertz CT molecular complexity index is 3380. The molecule has 4 heterocycles. The maximum absolute atomic E-state index is 9.55. The number of aromatic nitrogens is 3. The zero-order valence-electron chi connectivity index (χ0n) is 44.2. The first-order valence-corrected chi connectivity index (χ1v) is 18.1. The summed E-state index contributed by atoms with van der Waals surface area (Å²) in [5.74, 6) is 0. The van der Waals surface area contributed by atoms with Crippen LogP contribution in [0.25, 0.3) is 55.7 Å². The first-order chi connectivity index (χ1) is 33.5. The van der Waals surface area contributed by atoms with Crippen LogP contribution in [-0.4, -0.2) is 15.0 Å². The van der Waals surface area contributed by atoms with Crippen LogP contribution in [-0.2, 0) is 38.2 Å². The molecule has 0 amide bonds. The van der Waals surface area contributed by atoms with Crippen LogP contribution in [0.1, 0.15) is 58.1 Å². The smallest absolute Gasteiger partial charge is 0.144 e. The van der Waals surface area contributed by atoms with E-state index in [1.807, 2.05) is 18.2 Å². The lowest BCUT2D eigenvalue weighted by Crippen LogP contribution is -2.00. The molecule has 0 spiro atoms. The molecule has 0 aliphatic rings. The summed E-state index contributed by atoms with van der Waals surface area (Å²) in [5.41, 5.74) is 0.841. The highest BCUT2D eigenvalue weighted by atomic mass is 16.3. The van der Waals surface area contributed by atoms with Gasteiger partial charge in [0.25, 0.3) is 0 Å². The summed E-state index contributed by atoms with van der Waals surface area (Å²) in [6, 6.07) is 37.5. The molecule has 9 aromatic rings. The fourth-order valence-corrected chi connectivity index (χ4v) is 6.33. The highest BCUT2D eigenvalue weighted by molar-refractivity contribution is 6.09. The Morgan fingerprint density at radius 1 is 0.509 bits per heavy atom. The van der Waals surface area contributed by atoms with E-state index >= 15 is 0 Å². The molecule has 57 heavy (non-hydrogen) atoms. The van der Waals surface area contributed by atoms with E-state index in [1.54, 1.807) is 66.7 Å². The van der Waals surface area contributed by atoms with Gasteiger partial charge in [0, 0.05) is 62.5 Å². The van der Waals surface area contributed by atoms with Gasteiger partial charge in [-0.3, -0.25) is 15.0 Å². The molecule has 0 bridgehead atoms. The molecular formula is C52H40N4O. The van der Waals surface area contributed by atoms with Crippen LogP contribution in [0.5, 0.6) is 0 Å². The van der Waals surface area contributed by atoms with Gasteiger partial charge < -0.3 is 4.42 Å². The van der Waals surface area contributed by atoms with Crippen molar-refractivity contribution in [2.45, 2.75) is 38.2 Å². The number of rotatable bonds is 12. The summed E-state index contributed by atoms with van der Waals surface area (Å²) in [7, 11) is 0. The topological polar surface area (TPSA) is 75.6 Å². The van der Waals surface area contributed by atoms with Crippen LogP contribution in [0.15, 0.2) is 175 Å². The summed E-state index contributed by atoms with van der Waals surface area (Å²) in [6.45, 7) is 0. The normalized spacial score (nSPS) is 16.3. The third-order valence-electron chi connectivity index (χ3n) is 9.16. The summed E-state index contributed by atoms with van der Waals surface area (Å²) in [4.78, 5) is 13.3.